The van der Waals surface area contributed by atoms with Gasteiger partial charge in [0.15, 0.2) is 5.82 Å². The molecule has 0 bridgehead atoms. The first-order valence-electron chi connectivity index (χ1n) is 18.2. The van der Waals surface area contributed by atoms with E-state index in [1.807, 2.05) is 25.7 Å². The Bertz CT molecular complexity index is 1470. The minimum absolute atomic E-state index is 0.117. The van der Waals surface area contributed by atoms with Crippen molar-refractivity contribution in [2.75, 3.05) is 61.9 Å². The molecule has 244 valence electrons. The highest BCUT2D eigenvalue weighted by Gasteiger charge is 2.38. The minimum Gasteiger partial charge on any atom is -0.495 e. The van der Waals surface area contributed by atoms with Gasteiger partial charge in [0.05, 0.1) is 19.0 Å². The van der Waals surface area contributed by atoms with Gasteiger partial charge in [-0.2, -0.15) is 4.98 Å². The van der Waals surface area contributed by atoms with Crippen molar-refractivity contribution < 1.29 is 18.4 Å². The van der Waals surface area contributed by atoms with Crippen LogP contribution in [0.1, 0.15) is 80.2 Å². The molecular weight excluding hydrogens is 568 g/mol. The van der Waals surface area contributed by atoms with Gasteiger partial charge in [0.25, 0.3) is 5.91 Å². The Kier molecular flexibility index (Phi) is 8.35. The maximum Gasteiger partial charge on any atom is 0.251 e. The maximum atomic E-state index is 13.3. The first kappa shape index (κ1) is 27.8. The molecule has 2 saturated carbocycles. The molecule has 2 aliphatic carbocycles. The highest BCUT2D eigenvalue weighted by molar-refractivity contribution is 6.04. The Morgan fingerprint density at radius 1 is 1.11 bits per heavy atom. The summed E-state index contributed by atoms with van der Waals surface area (Å²) in [6.45, 7) is 9.00. The molecule has 2 aliphatic heterocycles. The zero-order valence-corrected chi connectivity index (χ0v) is 27.1. The first-order valence-corrected chi connectivity index (χ1v) is 16.7. The number of rotatable bonds is 10. The normalized spacial score (nSPS) is 25.8. The van der Waals surface area contributed by atoms with Crippen LogP contribution in [0.5, 0.6) is 5.75 Å². The van der Waals surface area contributed by atoms with Gasteiger partial charge >= 0.3 is 0 Å². The summed E-state index contributed by atoms with van der Waals surface area (Å²) >= 11 is 0. The van der Waals surface area contributed by atoms with E-state index < -0.39 is 18.9 Å². The Labute approximate surface area is 271 Å². The number of hydrogen-bond acceptors (Lipinski definition) is 9. The van der Waals surface area contributed by atoms with E-state index in [0.717, 1.165) is 49.6 Å². The maximum absolute atomic E-state index is 13.3. The van der Waals surface area contributed by atoms with Crippen molar-refractivity contribution >= 4 is 35.0 Å². The summed E-state index contributed by atoms with van der Waals surface area (Å²) in [7, 11) is 1.54. The number of anilines is 4. The van der Waals surface area contributed by atoms with Crippen molar-refractivity contribution in [2.45, 2.75) is 89.9 Å². The molecule has 2 aromatic rings. The van der Waals surface area contributed by atoms with Crippen LogP contribution in [0, 0.1) is 5.92 Å². The number of carbonyl (C=O) groups is 2. The summed E-state index contributed by atoms with van der Waals surface area (Å²) in [5, 5.41) is 6.42. The zero-order valence-electron chi connectivity index (χ0n) is 30.1. The lowest BCUT2D eigenvalue weighted by Crippen LogP contribution is -2.54. The number of carbonyl (C=O) groups excluding carboxylic acids is 2. The van der Waals surface area contributed by atoms with Crippen molar-refractivity contribution in [1.29, 1.82) is 0 Å². The molecule has 0 spiro atoms. The van der Waals surface area contributed by atoms with Crippen molar-refractivity contribution in [1.82, 2.24) is 25.1 Å². The molecule has 4 aliphatic rings. The molecule has 1 atom stereocenters. The van der Waals surface area contributed by atoms with Gasteiger partial charge in [-0.1, -0.05) is 6.92 Å². The third kappa shape index (κ3) is 6.89. The molecule has 1 aromatic heterocycles. The topological polar surface area (TPSA) is 106 Å². The number of likely N-dealkylation sites (N-methyl/N-ethyl adjacent to an activating group) is 1. The number of amides is 2. The number of nitrogens with one attached hydrogen (secondary N) is 2. The van der Waals surface area contributed by atoms with Crippen LogP contribution >= 0.6 is 0 Å². The fraction of sp³-hybridized carbons (Fsp3) is 0.647. The molecule has 0 unspecified atom stereocenters. The summed E-state index contributed by atoms with van der Waals surface area (Å²) < 4.78 is 29.7. The fourth-order valence-corrected chi connectivity index (χ4v) is 7.17. The average molecular weight is 622 g/mol. The van der Waals surface area contributed by atoms with Crippen LogP contribution in [0.25, 0.3) is 0 Å². The SMILES string of the molecule is [2H]C([2H])([2H])N1C(=O)[C@@H](CC)N(C(C)C)c2nc(Nc3ccc(C(=O)NC4CCC(N5CCN(CC6CC6)CC5)CC4)cc3OC)ncc21. The monoisotopic (exact) mass is 621 g/mol. The second-order valence-electron chi connectivity index (χ2n) is 13.3. The highest BCUT2D eigenvalue weighted by Crippen LogP contribution is 2.37. The number of fused-ring (bicyclic) bond motifs is 1. The average Bonchev–Trinajstić information content (AvgIpc) is 3.88. The van der Waals surface area contributed by atoms with E-state index in [0.29, 0.717) is 35.3 Å². The van der Waals surface area contributed by atoms with E-state index in [-0.39, 0.29) is 29.6 Å². The van der Waals surface area contributed by atoms with Crippen molar-refractivity contribution in [3.63, 3.8) is 0 Å². The number of methoxy groups -OCH3 is 1. The number of piperazine rings is 1. The number of benzene rings is 1. The number of nitrogens with zero attached hydrogens (tertiary/aromatic N) is 6. The van der Waals surface area contributed by atoms with Crippen molar-refractivity contribution in [3.8, 4) is 5.75 Å². The van der Waals surface area contributed by atoms with E-state index >= 15 is 0 Å². The lowest BCUT2D eigenvalue weighted by molar-refractivity contribution is -0.120. The Hall–Kier alpha value is -3.44. The molecule has 1 aromatic carbocycles. The lowest BCUT2D eigenvalue weighted by atomic mass is 9.89. The van der Waals surface area contributed by atoms with Crippen molar-refractivity contribution in [3.05, 3.63) is 30.0 Å². The van der Waals surface area contributed by atoms with Crippen LogP contribution in [0.15, 0.2) is 24.4 Å². The third-order valence-electron chi connectivity index (χ3n) is 9.90. The van der Waals surface area contributed by atoms with Crippen LogP contribution in [0.2, 0.25) is 0 Å². The van der Waals surface area contributed by atoms with E-state index in [2.05, 4.69) is 25.4 Å². The largest absolute Gasteiger partial charge is 0.495 e. The fourth-order valence-electron chi connectivity index (χ4n) is 7.17. The van der Waals surface area contributed by atoms with Crippen LogP contribution in [0.3, 0.4) is 0 Å². The van der Waals surface area contributed by atoms with Gasteiger partial charge in [-0.3, -0.25) is 14.5 Å². The quantitative estimate of drug-likeness (QED) is 0.403. The molecule has 1 saturated heterocycles. The summed E-state index contributed by atoms with van der Waals surface area (Å²) in [5.74, 6) is 1.35. The van der Waals surface area contributed by atoms with E-state index in [1.54, 1.807) is 18.2 Å². The van der Waals surface area contributed by atoms with Crippen LogP contribution in [-0.2, 0) is 4.79 Å². The highest BCUT2D eigenvalue weighted by atomic mass is 16.5. The molecule has 3 heterocycles. The van der Waals surface area contributed by atoms with Gasteiger partial charge in [0, 0.05) is 67.5 Å². The smallest absolute Gasteiger partial charge is 0.251 e. The standard InChI is InChI=1S/C34H50N8O3/c1-6-28-33(44)39(4)29-20-35-34(38-31(29)42(28)22(2)3)37-27-14-9-24(19-30(27)45-5)32(43)36-25-10-12-26(13-11-25)41-17-15-40(16-18-41)21-23-7-8-23/h9,14,19-20,22-23,25-26,28H,6-8,10-13,15-18,21H2,1-5H3,(H,36,43)(H,35,37,38)/t25?,26?,28-/m1/s1/i4D3. The zero-order chi connectivity index (χ0) is 34.2. The molecule has 0 radical (unpaired) electrons. The Balaban J connectivity index is 1.09. The molecule has 11 nitrogen and oxygen atoms in total. The summed E-state index contributed by atoms with van der Waals surface area (Å²) in [5.41, 5.74) is 1.19. The number of aromatic nitrogens is 2. The first-order chi connectivity index (χ1) is 23.0. The summed E-state index contributed by atoms with van der Waals surface area (Å²) in [4.78, 5) is 43.6. The molecule has 3 fully saturated rings. The molecular formula is C34H50N8O3. The third-order valence-corrected chi connectivity index (χ3v) is 9.90. The molecule has 6 rings (SSSR count). The van der Waals surface area contributed by atoms with Crippen molar-refractivity contribution in [2.24, 2.45) is 5.92 Å². The summed E-state index contributed by atoms with van der Waals surface area (Å²) in [6.07, 6.45) is 8.77. The van der Waals surface area contributed by atoms with Gasteiger partial charge in [-0.15, -0.1) is 0 Å². The Morgan fingerprint density at radius 3 is 2.51 bits per heavy atom. The molecule has 2 amide bonds. The molecule has 45 heavy (non-hydrogen) atoms. The van der Waals surface area contributed by atoms with Crippen LogP contribution < -0.4 is 25.2 Å². The van der Waals surface area contributed by atoms with Crippen LogP contribution in [-0.4, -0.2) is 103 Å². The van der Waals surface area contributed by atoms with Gasteiger partial charge in [0.1, 0.15) is 17.5 Å². The second-order valence-corrected chi connectivity index (χ2v) is 13.3. The lowest BCUT2D eigenvalue weighted by Gasteiger charge is -2.42. The number of hydrogen-bond donors (Lipinski definition) is 2. The minimum atomic E-state index is -2.68. The van der Waals surface area contributed by atoms with E-state index in [1.165, 1.54) is 45.8 Å². The van der Waals surface area contributed by atoms with E-state index in [9.17, 15) is 9.59 Å². The summed E-state index contributed by atoms with van der Waals surface area (Å²) in [6, 6.07) is 5.16. The van der Waals surface area contributed by atoms with Gasteiger partial charge in [-0.05, 0) is 82.9 Å². The number of ether oxygens (including phenoxy) is 1. The Morgan fingerprint density at radius 2 is 1.87 bits per heavy atom. The van der Waals surface area contributed by atoms with Gasteiger partial charge in [-0.25, -0.2) is 4.98 Å². The second kappa shape index (κ2) is 13.5. The van der Waals surface area contributed by atoms with Crippen LogP contribution in [0.4, 0.5) is 23.1 Å². The predicted molar refractivity (Wildman–Crippen MR) is 178 cm³/mol. The van der Waals surface area contributed by atoms with Gasteiger partial charge < -0.3 is 30.1 Å². The molecule has 2 N–H and O–H groups in total. The van der Waals surface area contributed by atoms with E-state index in [4.69, 9.17) is 13.8 Å². The predicted octanol–water partition coefficient (Wildman–Crippen LogP) is 4.27. The molecule has 11 heteroatoms. The van der Waals surface area contributed by atoms with Gasteiger partial charge in [0.2, 0.25) is 11.9 Å².